The fourth-order valence-electron chi connectivity index (χ4n) is 1.82. The van der Waals surface area contributed by atoms with Gasteiger partial charge in [-0.05, 0) is 20.2 Å². The molecule has 2 aromatic rings. The third-order valence-electron chi connectivity index (χ3n) is 2.79. The van der Waals surface area contributed by atoms with Crippen LogP contribution in [-0.2, 0) is 11.2 Å². The summed E-state index contributed by atoms with van der Waals surface area (Å²) >= 11 is 0. The number of hydrogen-bond donors (Lipinski definition) is 1. The topological polar surface area (TPSA) is 45.5 Å². The number of fused-ring (bicyclic) bond motifs is 1. The van der Waals surface area contributed by atoms with Gasteiger partial charge in [0.1, 0.15) is 5.58 Å². The third kappa shape index (κ3) is 3.11. The average Bonchev–Trinajstić information content (AvgIpc) is 2.72. The number of furan rings is 1. The molecule has 0 unspecified atom stereocenters. The summed E-state index contributed by atoms with van der Waals surface area (Å²) in [5.74, 6) is 0.0309. The number of hydrogen-bond acceptors (Lipinski definition) is 3. The number of likely N-dealkylation sites (N-methyl/N-ethyl adjacent to an activating group) is 1. The van der Waals surface area contributed by atoms with Crippen molar-refractivity contribution in [2.75, 3.05) is 27.2 Å². The van der Waals surface area contributed by atoms with Crippen molar-refractivity contribution in [2.24, 2.45) is 0 Å². The van der Waals surface area contributed by atoms with Gasteiger partial charge >= 0.3 is 0 Å². The summed E-state index contributed by atoms with van der Waals surface area (Å²) in [7, 11) is 3.96. The molecular formula is C14H18N2O2. The first kappa shape index (κ1) is 12.6. The molecule has 0 aliphatic carbocycles. The zero-order valence-corrected chi connectivity index (χ0v) is 10.8. The van der Waals surface area contributed by atoms with Crippen LogP contribution in [0.2, 0.25) is 0 Å². The van der Waals surface area contributed by atoms with E-state index in [1.54, 1.807) is 6.26 Å². The summed E-state index contributed by atoms with van der Waals surface area (Å²) in [6.45, 7) is 1.51. The van der Waals surface area contributed by atoms with Crippen molar-refractivity contribution in [2.45, 2.75) is 6.42 Å². The number of para-hydroxylation sites is 1. The van der Waals surface area contributed by atoms with Crippen LogP contribution in [0.3, 0.4) is 0 Å². The van der Waals surface area contributed by atoms with Crippen molar-refractivity contribution in [3.63, 3.8) is 0 Å². The van der Waals surface area contributed by atoms with Gasteiger partial charge in [-0.3, -0.25) is 4.79 Å². The Balaban J connectivity index is 1.95. The summed E-state index contributed by atoms with van der Waals surface area (Å²) in [6, 6.07) is 7.75. The molecule has 0 atom stereocenters. The molecule has 4 heteroatoms. The molecule has 0 saturated heterocycles. The van der Waals surface area contributed by atoms with Crippen LogP contribution in [0.1, 0.15) is 5.56 Å². The molecule has 4 nitrogen and oxygen atoms in total. The second-order valence-corrected chi connectivity index (χ2v) is 4.59. The average molecular weight is 246 g/mol. The highest BCUT2D eigenvalue weighted by atomic mass is 16.3. The first-order chi connectivity index (χ1) is 8.66. The van der Waals surface area contributed by atoms with Gasteiger partial charge in [-0.15, -0.1) is 0 Å². The van der Waals surface area contributed by atoms with Gasteiger partial charge in [-0.25, -0.2) is 0 Å². The highest BCUT2D eigenvalue weighted by Crippen LogP contribution is 2.20. The Hall–Kier alpha value is -1.81. The van der Waals surface area contributed by atoms with Crippen LogP contribution in [0.25, 0.3) is 11.0 Å². The van der Waals surface area contributed by atoms with E-state index in [9.17, 15) is 4.79 Å². The standard InChI is InChI=1S/C14H18N2O2/c1-16(2)8-7-15-14(17)9-11-10-18-13-6-4-3-5-12(11)13/h3-6,10H,7-9H2,1-2H3,(H,15,17). The molecule has 0 bridgehead atoms. The fourth-order valence-corrected chi connectivity index (χ4v) is 1.82. The van der Waals surface area contributed by atoms with Crippen LogP contribution in [0.5, 0.6) is 0 Å². The first-order valence-corrected chi connectivity index (χ1v) is 6.03. The number of carbonyl (C=O) groups is 1. The minimum atomic E-state index is 0.0309. The van der Waals surface area contributed by atoms with Crippen molar-refractivity contribution in [1.82, 2.24) is 10.2 Å². The number of nitrogens with zero attached hydrogens (tertiary/aromatic N) is 1. The van der Waals surface area contributed by atoms with Crippen molar-refractivity contribution < 1.29 is 9.21 Å². The zero-order valence-electron chi connectivity index (χ0n) is 10.8. The third-order valence-corrected chi connectivity index (χ3v) is 2.79. The van der Waals surface area contributed by atoms with Crippen LogP contribution >= 0.6 is 0 Å². The first-order valence-electron chi connectivity index (χ1n) is 6.03. The molecule has 1 heterocycles. The van der Waals surface area contributed by atoms with E-state index in [0.717, 1.165) is 23.1 Å². The molecule has 0 saturated carbocycles. The molecule has 0 aliphatic heterocycles. The van der Waals surface area contributed by atoms with Crippen LogP contribution in [-0.4, -0.2) is 38.0 Å². The van der Waals surface area contributed by atoms with E-state index < -0.39 is 0 Å². The number of amides is 1. The van der Waals surface area contributed by atoms with Gasteiger partial charge in [0, 0.05) is 24.0 Å². The van der Waals surface area contributed by atoms with Crippen LogP contribution in [0.4, 0.5) is 0 Å². The molecule has 0 fully saturated rings. The van der Waals surface area contributed by atoms with E-state index in [1.807, 2.05) is 43.3 Å². The molecule has 18 heavy (non-hydrogen) atoms. The van der Waals surface area contributed by atoms with Gasteiger partial charge in [0.25, 0.3) is 0 Å². The SMILES string of the molecule is CN(C)CCNC(=O)Cc1coc2ccccc12. The van der Waals surface area contributed by atoms with Crippen molar-refractivity contribution in [1.29, 1.82) is 0 Å². The minimum absolute atomic E-state index is 0.0309. The molecule has 0 aliphatic rings. The molecule has 1 aromatic carbocycles. The molecular weight excluding hydrogens is 228 g/mol. The van der Waals surface area contributed by atoms with Gasteiger partial charge in [0.2, 0.25) is 5.91 Å². The van der Waals surface area contributed by atoms with Gasteiger partial charge in [0.15, 0.2) is 0 Å². The van der Waals surface area contributed by atoms with E-state index >= 15 is 0 Å². The number of carbonyl (C=O) groups excluding carboxylic acids is 1. The summed E-state index contributed by atoms with van der Waals surface area (Å²) in [4.78, 5) is 13.8. The Labute approximate surface area is 107 Å². The molecule has 1 N–H and O–H groups in total. The predicted molar refractivity (Wildman–Crippen MR) is 71.5 cm³/mol. The maximum absolute atomic E-state index is 11.8. The Kier molecular flexibility index (Phi) is 3.99. The van der Waals surface area contributed by atoms with E-state index in [0.29, 0.717) is 13.0 Å². The lowest BCUT2D eigenvalue weighted by atomic mass is 10.1. The van der Waals surface area contributed by atoms with Crippen molar-refractivity contribution in [3.05, 3.63) is 36.1 Å². The quantitative estimate of drug-likeness (QED) is 0.872. The van der Waals surface area contributed by atoms with E-state index in [2.05, 4.69) is 5.32 Å². The smallest absolute Gasteiger partial charge is 0.224 e. The molecule has 0 radical (unpaired) electrons. The zero-order chi connectivity index (χ0) is 13.0. The largest absolute Gasteiger partial charge is 0.464 e. The summed E-state index contributed by atoms with van der Waals surface area (Å²) in [6.07, 6.45) is 2.03. The van der Waals surface area contributed by atoms with Crippen molar-refractivity contribution >= 4 is 16.9 Å². The van der Waals surface area contributed by atoms with Crippen LogP contribution in [0, 0.1) is 0 Å². The maximum atomic E-state index is 11.8. The Morgan fingerprint density at radius 2 is 2.11 bits per heavy atom. The van der Waals surface area contributed by atoms with Gasteiger partial charge in [-0.2, -0.15) is 0 Å². The van der Waals surface area contributed by atoms with Crippen LogP contribution < -0.4 is 5.32 Å². The van der Waals surface area contributed by atoms with Gasteiger partial charge in [-0.1, -0.05) is 18.2 Å². The maximum Gasteiger partial charge on any atom is 0.224 e. The lowest BCUT2D eigenvalue weighted by Crippen LogP contribution is -2.32. The van der Waals surface area contributed by atoms with E-state index in [4.69, 9.17) is 4.42 Å². The normalized spacial score (nSPS) is 11.1. The monoisotopic (exact) mass is 246 g/mol. The predicted octanol–water partition coefficient (Wildman–Crippen LogP) is 1.65. The fraction of sp³-hybridized carbons (Fsp3) is 0.357. The lowest BCUT2D eigenvalue weighted by molar-refractivity contribution is -0.120. The minimum Gasteiger partial charge on any atom is -0.464 e. The Bertz CT molecular complexity index is 531. The van der Waals surface area contributed by atoms with Gasteiger partial charge < -0.3 is 14.6 Å². The summed E-state index contributed by atoms with van der Waals surface area (Å²) in [5, 5.41) is 3.91. The Morgan fingerprint density at radius 1 is 1.33 bits per heavy atom. The molecule has 0 spiro atoms. The summed E-state index contributed by atoms with van der Waals surface area (Å²) in [5.41, 5.74) is 1.77. The lowest BCUT2D eigenvalue weighted by Gasteiger charge is -2.09. The number of rotatable bonds is 5. The second-order valence-electron chi connectivity index (χ2n) is 4.59. The number of benzene rings is 1. The van der Waals surface area contributed by atoms with Gasteiger partial charge in [0.05, 0.1) is 12.7 Å². The number of nitrogens with one attached hydrogen (secondary N) is 1. The molecule has 96 valence electrons. The van der Waals surface area contributed by atoms with E-state index in [-0.39, 0.29) is 5.91 Å². The van der Waals surface area contributed by atoms with Crippen LogP contribution in [0.15, 0.2) is 34.9 Å². The van der Waals surface area contributed by atoms with E-state index in [1.165, 1.54) is 0 Å². The highest BCUT2D eigenvalue weighted by Gasteiger charge is 2.09. The second kappa shape index (κ2) is 5.69. The van der Waals surface area contributed by atoms with Crippen molar-refractivity contribution in [3.8, 4) is 0 Å². The molecule has 1 amide bonds. The summed E-state index contributed by atoms with van der Waals surface area (Å²) < 4.78 is 5.40. The molecule has 2 rings (SSSR count). The highest BCUT2D eigenvalue weighted by molar-refractivity contribution is 5.87. The Morgan fingerprint density at radius 3 is 2.89 bits per heavy atom. The molecule has 1 aromatic heterocycles.